The third-order valence-corrected chi connectivity index (χ3v) is 3.33. The van der Waals surface area contributed by atoms with Crippen LogP contribution in [0.4, 0.5) is 0 Å². The minimum absolute atomic E-state index is 0.497. The van der Waals surface area contributed by atoms with Crippen LogP contribution >= 0.6 is 11.8 Å². The van der Waals surface area contributed by atoms with Gasteiger partial charge in [-0.2, -0.15) is 11.8 Å². The van der Waals surface area contributed by atoms with E-state index in [4.69, 9.17) is 10.8 Å². The summed E-state index contributed by atoms with van der Waals surface area (Å²) in [7, 11) is 0. The molecular formula is C9H18N2O2S. The van der Waals surface area contributed by atoms with Gasteiger partial charge in [-0.1, -0.05) is 0 Å². The van der Waals surface area contributed by atoms with E-state index in [0.29, 0.717) is 13.0 Å². The fraction of sp³-hybridized carbons (Fsp3) is 0.889. The first-order valence-electron chi connectivity index (χ1n) is 4.82. The first kappa shape index (κ1) is 11.8. The molecule has 4 nitrogen and oxygen atoms in total. The number of nitrogens with zero attached hydrogens (tertiary/aromatic N) is 1. The lowest BCUT2D eigenvalue weighted by Crippen LogP contribution is -2.50. The fourth-order valence-electron chi connectivity index (χ4n) is 1.71. The summed E-state index contributed by atoms with van der Waals surface area (Å²) in [5.74, 6) is 0.256. The van der Waals surface area contributed by atoms with Crippen molar-refractivity contribution in [2.75, 3.05) is 31.6 Å². The number of nitrogens with two attached hydrogens (primary N) is 1. The normalized spacial score (nSPS) is 28.1. The third kappa shape index (κ3) is 2.87. The Hall–Kier alpha value is -0.260. The van der Waals surface area contributed by atoms with Crippen LogP contribution in [-0.2, 0) is 4.79 Å². The van der Waals surface area contributed by atoms with Crippen molar-refractivity contribution in [1.82, 2.24) is 4.90 Å². The van der Waals surface area contributed by atoms with Gasteiger partial charge in [-0.05, 0) is 31.4 Å². The molecule has 0 bridgehead atoms. The number of likely N-dealkylation sites (tertiary alicyclic amines) is 1. The van der Waals surface area contributed by atoms with Gasteiger partial charge in [0.25, 0.3) is 0 Å². The standard InChI is InChI=1S/C9H18N2O2S/c1-14-6-2-4-11-5-3-9(10,7-11)8(12)13/h2-7,10H2,1H3,(H,12,13). The van der Waals surface area contributed by atoms with Gasteiger partial charge in [0.2, 0.25) is 0 Å². The predicted octanol–water partition coefficient (Wildman–Crippen LogP) is 0.227. The van der Waals surface area contributed by atoms with Crippen LogP contribution in [0.1, 0.15) is 12.8 Å². The molecule has 1 fully saturated rings. The van der Waals surface area contributed by atoms with E-state index in [2.05, 4.69) is 11.2 Å². The SMILES string of the molecule is CSCCCN1CCC(N)(C(=O)O)C1. The van der Waals surface area contributed by atoms with Crippen LogP contribution in [0.2, 0.25) is 0 Å². The number of carbonyl (C=O) groups is 1. The Kier molecular flexibility index (Phi) is 4.22. The van der Waals surface area contributed by atoms with Crippen molar-refractivity contribution in [3.8, 4) is 0 Å². The summed E-state index contributed by atoms with van der Waals surface area (Å²) < 4.78 is 0. The Bertz CT molecular complexity index is 213. The van der Waals surface area contributed by atoms with Crippen LogP contribution in [0.15, 0.2) is 0 Å². The third-order valence-electron chi connectivity index (χ3n) is 2.63. The zero-order valence-corrected chi connectivity index (χ0v) is 9.35. The minimum atomic E-state index is -1.00. The van der Waals surface area contributed by atoms with E-state index in [0.717, 1.165) is 25.3 Å². The molecule has 82 valence electrons. The van der Waals surface area contributed by atoms with Gasteiger partial charge in [0.1, 0.15) is 5.54 Å². The summed E-state index contributed by atoms with van der Waals surface area (Å²) in [5, 5.41) is 8.91. The van der Waals surface area contributed by atoms with E-state index in [1.165, 1.54) is 0 Å². The van der Waals surface area contributed by atoms with Crippen LogP contribution < -0.4 is 5.73 Å². The van der Waals surface area contributed by atoms with Gasteiger partial charge in [-0.3, -0.25) is 4.79 Å². The van der Waals surface area contributed by atoms with Crippen molar-refractivity contribution in [3.05, 3.63) is 0 Å². The second-order valence-corrected chi connectivity index (χ2v) is 4.82. The molecule has 3 N–H and O–H groups in total. The van der Waals surface area contributed by atoms with Crippen molar-refractivity contribution in [3.63, 3.8) is 0 Å². The zero-order chi connectivity index (χ0) is 10.6. The molecule has 0 aromatic carbocycles. The highest BCUT2D eigenvalue weighted by molar-refractivity contribution is 7.98. The lowest BCUT2D eigenvalue weighted by molar-refractivity contribution is -0.142. The molecule has 0 spiro atoms. The van der Waals surface area contributed by atoms with E-state index in [9.17, 15) is 4.79 Å². The van der Waals surface area contributed by atoms with Crippen molar-refractivity contribution >= 4 is 17.7 Å². The van der Waals surface area contributed by atoms with Gasteiger partial charge in [-0.15, -0.1) is 0 Å². The lowest BCUT2D eigenvalue weighted by atomic mass is 10.0. The summed E-state index contributed by atoms with van der Waals surface area (Å²) in [4.78, 5) is 13.0. The van der Waals surface area contributed by atoms with Crippen LogP contribution in [0.3, 0.4) is 0 Å². The second-order valence-electron chi connectivity index (χ2n) is 3.83. The van der Waals surface area contributed by atoms with Gasteiger partial charge in [0, 0.05) is 13.1 Å². The maximum absolute atomic E-state index is 10.8. The summed E-state index contributed by atoms with van der Waals surface area (Å²) in [6, 6.07) is 0. The molecule has 0 aromatic heterocycles. The second kappa shape index (κ2) is 5.00. The molecule has 1 aliphatic rings. The van der Waals surface area contributed by atoms with E-state index in [-0.39, 0.29) is 0 Å². The summed E-state index contributed by atoms with van der Waals surface area (Å²) >= 11 is 1.82. The Labute approximate surface area is 88.8 Å². The molecule has 1 saturated heterocycles. The number of thioether (sulfide) groups is 1. The van der Waals surface area contributed by atoms with Gasteiger partial charge in [-0.25, -0.2) is 0 Å². The van der Waals surface area contributed by atoms with E-state index in [1.807, 2.05) is 11.8 Å². The molecule has 1 atom stereocenters. The molecule has 1 unspecified atom stereocenters. The average molecular weight is 218 g/mol. The molecule has 0 aliphatic carbocycles. The summed E-state index contributed by atoms with van der Waals surface area (Å²) in [6.45, 7) is 2.28. The molecule has 14 heavy (non-hydrogen) atoms. The van der Waals surface area contributed by atoms with E-state index in [1.54, 1.807) is 0 Å². The monoisotopic (exact) mass is 218 g/mol. The lowest BCUT2D eigenvalue weighted by Gasteiger charge is -2.19. The summed E-state index contributed by atoms with van der Waals surface area (Å²) in [5.41, 5.74) is 4.75. The molecule has 0 aromatic rings. The van der Waals surface area contributed by atoms with E-state index >= 15 is 0 Å². The van der Waals surface area contributed by atoms with Gasteiger partial charge >= 0.3 is 5.97 Å². The largest absolute Gasteiger partial charge is 0.480 e. The average Bonchev–Trinajstić information content (AvgIpc) is 2.50. The van der Waals surface area contributed by atoms with Gasteiger partial charge < -0.3 is 15.7 Å². The maximum Gasteiger partial charge on any atom is 0.325 e. The van der Waals surface area contributed by atoms with Crippen LogP contribution in [0.5, 0.6) is 0 Å². The maximum atomic E-state index is 10.8. The summed E-state index contributed by atoms with van der Waals surface area (Å²) in [6.07, 6.45) is 3.76. The molecular weight excluding hydrogens is 200 g/mol. The van der Waals surface area contributed by atoms with Crippen LogP contribution in [0, 0.1) is 0 Å². The molecule has 0 radical (unpaired) electrons. The van der Waals surface area contributed by atoms with Crippen molar-refractivity contribution < 1.29 is 9.90 Å². The number of carboxylic acid groups (broad SMARTS) is 1. The number of rotatable bonds is 5. The van der Waals surface area contributed by atoms with Gasteiger partial charge in [0.15, 0.2) is 0 Å². The predicted molar refractivity (Wildman–Crippen MR) is 58.6 cm³/mol. The van der Waals surface area contributed by atoms with Gasteiger partial charge in [0.05, 0.1) is 0 Å². The smallest absolute Gasteiger partial charge is 0.325 e. The molecule has 5 heteroatoms. The molecule has 0 saturated carbocycles. The number of carboxylic acids is 1. The molecule has 1 rings (SSSR count). The molecule has 1 aliphatic heterocycles. The van der Waals surface area contributed by atoms with E-state index < -0.39 is 11.5 Å². The first-order valence-corrected chi connectivity index (χ1v) is 6.21. The van der Waals surface area contributed by atoms with Crippen molar-refractivity contribution in [2.45, 2.75) is 18.4 Å². The number of hydrogen-bond acceptors (Lipinski definition) is 4. The Balaban J connectivity index is 2.30. The highest BCUT2D eigenvalue weighted by Gasteiger charge is 2.40. The number of hydrogen-bond donors (Lipinski definition) is 2. The Morgan fingerprint density at radius 3 is 2.93 bits per heavy atom. The molecule has 1 heterocycles. The number of aliphatic carboxylic acids is 1. The quantitative estimate of drug-likeness (QED) is 0.647. The topological polar surface area (TPSA) is 66.6 Å². The van der Waals surface area contributed by atoms with Crippen molar-refractivity contribution in [1.29, 1.82) is 0 Å². The first-order chi connectivity index (χ1) is 6.58. The molecule has 0 amide bonds. The van der Waals surface area contributed by atoms with Crippen LogP contribution in [-0.4, -0.2) is 53.2 Å². The Morgan fingerprint density at radius 1 is 1.71 bits per heavy atom. The van der Waals surface area contributed by atoms with Crippen molar-refractivity contribution in [2.24, 2.45) is 5.73 Å². The minimum Gasteiger partial charge on any atom is -0.480 e. The van der Waals surface area contributed by atoms with Crippen LogP contribution in [0.25, 0.3) is 0 Å². The fourth-order valence-corrected chi connectivity index (χ4v) is 2.13. The zero-order valence-electron chi connectivity index (χ0n) is 8.53. The highest BCUT2D eigenvalue weighted by atomic mass is 32.2. The highest BCUT2D eigenvalue weighted by Crippen LogP contribution is 2.19. The Morgan fingerprint density at radius 2 is 2.43 bits per heavy atom.